The first-order valence-corrected chi connectivity index (χ1v) is 7.15. The van der Waals surface area contributed by atoms with Crippen molar-refractivity contribution in [2.75, 3.05) is 7.11 Å². The van der Waals surface area contributed by atoms with E-state index >= 15 is 0 Å². The monoisotopic (exact) mass is 274 g/mol. The minimum atomic E-state index is -0.415. The summed E-state index contributed by atoms with van der Waals surface area (Å²) in [7, 11) is 1.73. The maximum absolute atomic E-state index is 5.68. The third-order valence-corrected chi connectivity index (χ3v) is 3.07. The molecule has 0 saturated carbocycles. The lowest BCUT2D eigenvalue weighted by atomic mass is 9.86. The van der Waals surface area contributed by atoms with E-state index in [1.54, 1.807) is 7.11 Å². The van der Waals surface area contributed by atoms with Crippen LogP contribution >= 0.6 is 0 Å². The molecule has 1 aliphatic carbocycles. The third kappa shape index (κ3) is 5.61. The molecule has 1 aliphatic rings. The van der Waals surface area contributed by atoms with Crippen molar-refractivity contribution in [3.8, 4) is 0 Å². The predicted octanol–water partition coefficient (Wildman–Crippen LogP) is 5.78. The van der Waals surface area contributed by atoms with Gasteiger partial charge in [0.05, 0.1) is 0 Å². The van der Waals surface area contributed by atoms with Crippen molar-refractivity contribution in [3.63, 3.8) is 0 Å². The number of rotatable bonds is 4. The molecule has 1 nitrogen and oxygen atoms in total. The molecule has 0 amide bonds. The van der Waals surface area contributed by atoms with Crippen molar-refractivity contribution in [3.05, 3.63) is 67.0 Å². The van der Waals surface area contributed by atoms with E-state index in [4.69, 9.17) is 4.74 Å². The van der Waals surface area contributed by atoms with E-state index < -0.39 is 5.60 Å². The van der Waals surface area contributed by atoms with Crippen molar-refractivity contribution in [1.82, 2.24) is 0 Å². The van der Waals surface area contributed by atoms with Gasteiger partial charge in [-0.2, -0.15) is 0 Å². The standard InChI is InChI=1S/C15H20O.C2H6.C2H4/c1-5-13(6-2)15(3,16-4)14-11-9-7-8-10-12-14;2*1-2/h5-7,11-12H,1,8,10H2,2-4H3;1-2H3;1-2H2/b13-6+;;. The van der Waals surface area contributed by atoms with E-state index in [1.165, 1.54) is 0 Å². The summed E-state index contributed by atoms with van der Waals surface area (Å²) >= 11 is 0. The van der Waals surface area contributed by atoms with Crippen molar-refractivity contribution < 1.29 is 4.74 Å². The van der Waals surface area contributed by atoms with Gasteiger partial charge < -0.3 is 4.74 Å². The molecule has 1 rings (SSSR count). The van der Waals surface area contributed by atoms with Crippen LogP contribution < -0.4 is 0 Å². The van der Waals surface area contributed by atoms with Crippen LogP contribution in [0.15, 0.2) is 67.0 Å². The molecule has 0 aliphatic heterocycles. The van der Waals surface area contributed by atoms with Crippen LogP contribution in [0, 0.1) is 0 Å². The number of allylic oxidation sites excluding steroid dienone is 2. The van der Waals surface area contributed by atoms with E-state index in [-0.39, 0.29) is 0 Å². The zero-order valence-electron chi connectivity index (χ0n) is 13.8. The normalized spacial score (nSPS) is 16.4. The largest absolute Gasteiger partial charge is 0.369 e. The highest BCUT2D eigenvalue weighted by atomic mass is 16.5. The second kappa shape index (κ2) is 12.5. The van der Waals surface area contributed by atoms with Crippen LogP contribution in [0.2, 0.25) is 0 Å². The number of ether oxygens (including phenoxy) is 1. The number of hydrogen-bond acceptors (Lipinski definition) is 1. The van der Waals surface area contributed by atoms with Crippen molar-refractivity contribution in [2.24, 2.45) is 0 Å². The summed E-state index contributed by atoms with van der Waals surface area (Å²) < 4.78 is 5.68. The molecule has 0 spiro atoms. The van der Waals surface area contributed by atoms with Gasteiger partial charge in [0.15, 0.2) is 0 Å². The molecule has 20 heavy (non-hydrogen) atoms. The lowest BCUT2D eigenvalue weighted by Gasteiger charge is -2.30. The molecule has 0 saturated heterocycles. The maximum Gasteiger partial charge on any atom is 0.115 e. The molecule has 0 aromatic rings. The molecule has 0 aromatic carbocycles. The molecule has 0 bridgehead atoms. The van der Waals surface area contributed by atoms with Crippen molar-refractivity contribution >= 4 is 0 Å². The molecule has 1 unspecified atom stereocenters. The van der Waals surface area contributed by atoms with Crippen LogP contribution in [-0.2, 0) is 4.74 Å². The van der Waals surface area contributed by atoms with Gasteiger partial charge >= 0.3 is 0 Å². The van der Waals surface area contributed by atoms with Gasteiger partial charge in [0.2, 0.25) is 0 Å². The highest BCUT2D eigenvalue weighted by Gasteiger charge is 2.29. The molecule has 112 valence electrons. The average molecular weight is 274 g/mol. The predicted molar refractivity (Wildman–Crippen MR) is 91.9 cm³/mol. The van der Waals surface area contributed by atoms with Gasteiger partial charge in [-0.25, -0.2) is 0 Å². The smallest absolute Gasteiger partial charge is 0.115 e. The summed E-state index contributed by atoms with van der Waals surface area (Å²) in [6.07, 6.45) is 12.2. The Balaban J connectivity index is 0. The quantitative estimate of drug-likeness (QED) is 0.358. The lowest BCUT2D eigenvalue weighted by molar-refractivity contribution is 0.0757. The molecule has 0 aromatic heterocycles. The summed E-state index contributed by atoms with van der Waals surface area (Å²) in [6, 6.07) is 0. The minimum absolute atomic E-state index is 0.415. The fraction of sp³-hybridized carbons (Fsp3) is 0.421. The fourth-order valence-corrected chi connectivity index (χ4v) is 1.94. The lowest BCUT2D eigenvalue weighted by Crippen LogP contribution is -2.31. The molecule has 0 fully saturated rings. The molecule has 0 N–H and O–H groups in total. The SMILES string of the molecule is C=C.C=C/C(=C\C)C(C)(OC)C1=CCCC=C=C1.CC. The fourth-order valence-electron chi connectivity index (χ4n) is 1.94. The second-order valence-corrected chi connectivity index (χ2v) is 3.94. The van der Waals surface area contributed by atoms with Crippen LogP contribution in [0.25, 0.3) is 0 Å². The molecule has 1 heteroatoms. The molecule has 0 heterocycles. The Hall–Kier alpha value is -1.56. The van der Waals surface area contributed by atoms with Crippen LogP contribution in [0.5, 0.6) is 0 Å². The van der Waals surface area contributed by atoms with E-state index in [2.05, 4.69) is 44.5 Å². The Bertz CT molecular complexity index is 392. The van der Waals surface area contributed by atoms with Crippen molar-refractivity contribution in [2.45, 2.75) is 46.1 Å². The Kier molecular flexibility index (Phi) is 12.9. The molecular weight excluding hydrogens is 244 g/mol. The molecular formula is C19H30O. The van der Waals surface area contributed by atoms with Crippen molar-refractivity contribution in [1.29, 1.82) is 0 Å². The highest BCUT2D eigenvalue weighted by Crippen LogP contribution is 2.31. The first-order valence-electron chi connectivity index (χ1n) is 7.15. The summed E-state index contributed by atoms with van der Waals surface area (Å²) in [5.41, 5.74) is 5.00. The highest BCUT2D eigenvalue weighted by molar-refractivity contribution is 5.43. The van der Waals surface area contributed by atoms with E-state index in [0.717, 1.165) is 24.0 Å². The Morgan fingerprint density at radius 2 is 1.95 bits per heavy atom. The van der Waals surface area contributed by atoms with E-state index in [0.29, 0.717) is 0 Å². The summed E-state index contributed by atoms with van der Waals surface area (Å²) in [6.45, 7) is 17.9. The first kappa shape index (κ1) is 20.8. The third-order valence-electron chi connectivity index (χ3n) is 3.07. The zero-order valence-corrected chi connectivity index (χ0v) is 13.8. The van der Waals surface area contributed by atoms with Crippen LogP contribution in [-0.4, -0.2) is 12.7 Å². The topological polar surface area (TPSA) is 9.23 Å². The number of hydrogen-bond donors (Lipinski definition) is 0. The van der Waals surface area contributed by atoms with Gasteiger partial charge in [-0.15, -0.1) is 18.9 Å². The number of methoxy groups -OCH3 is 1. The molecule has 1 atom stereocenters. The van der Waals surface area contributed by atoms with Gasteiger partial charge in [-0.05, 0) is 50.0 Å². The summed E-state index contributed by atoms with van der Waals surface area (Å²) in [5, 5.41) is 0. The van der Waals surface area contributed by atoms with Gasteiger partial charge in [-0.1, -0.05) is 38.7 Å². The van der Waals surface area contributed by atoms with Crippen LogP contribution in [0.3, 0.4) is 0 Å². The van der Waals surface area contributed by atoms with Gasteiger partial charge in [0, 0.05) is 7.11 Å². The van der Waals surface area contributed by atoms with E-state index in [9.17, 15) is 0 Å². The summed E-state index contributed by atoms with van der Waals surface area (Å²) in [4.78, 5) is 0. The average Bonchev–Trinajstić information content (AvgIpc) is 2.81. The maximum atomic E-state index is 5.68. The second-order valence-electron chi connectivity index (χ2n) is 3.94. The Labute approximate surface area is 125 Å². The zero-order chi connectivity index (χ0) is 16.0. The van der Waals surface area contributed by atoms with Gasteiger partial charge in [-0.3, -0.25) is 0 Å². The Morgan fingerprint density at radius 1 is 1.35 bits per heavy atom. The van der Waals surface area contributed by atoms with Crippen LogP contribution in [0.1, 0.15) is 40.5 Å². The summed E-state index contributed by atoms with van der Waals surface area (Å²) in [5.74, 6) is 0. The van der Waals surface area contributed by atoms with Gasteiger partial charge in [0.1, 0.15) is 5.60 Å². The van der Waals surface area contributed by atoms with Crippen LogP contribution in [0.4, 0.5) is 0 Å². The van der Waals surface area contributed by atoms with Gasteiger partial charge in [0.25, 0.3) is 0 Å². The minimum Gasteiger partial charge on any atom is -0.369 e. The molecule has 0 radical (unpaired) electrons. The van der Waals surface area contributed by atoms with E-state index in [1.807, 2.05) is 39.0 Å². The Morgan fingerprint density at radius 3 is 2.40 bits per heavy atom. The first-order chi connectivity index (χ1) is 9.69.